The Morgan fingerprint density at radius 3 is 3.12 bits per heavy atom. The molecule has 0 aromatic heterocycles. The molecule has 0 bridgehead atoms. The second-order valence-corrected chi connectivity index (χ2v) is 4.77. The summed E-state index contributed by atoms with van der Waals surface area (Å²) in [5.74, 6) is 0. The van der Waals surface area contributed by atoms with Crippen molar-refractivity contribution in [1.82, 2.24) is 0 Å². The zero-order valence-corrected chi connectivity index (χ0v) is 11.0. The SMILES string of the molecule is N#Cc1c(Br)cccc1N1CCOC(CN)C1. The molecule has 17 heavy (non-hydrogen) atoms. The molecule has 0 amide bonds. The maximum atomic E-state index is 9.19. The Kier molecular flexibility index (Phi) is 4.00. The number of nitriles is 1. The number of morpholine rings is 1. The fraction of sp³-hybridized carbons (Fsp3) is 0.417. The van der Waals surface area contributed by atoms with Crippen molar-refractivity contribution < 1.29 is 4.74 Å². The first-order chi connectivity index (χ1) is 8.26. The highest BCUT2D eigenvalue weighted by Gasteiger charge is 2.21. The maximum absolute atomic E-state index is 9.19. The Morgan fingerprint density at radius 2 is 2.41 bits per heavy atom. The largest absolute Gasteiger partial charge is 0.373 e. The van der Waals surface area contributed by atoms with Crippen LogP contribution in [0.2, 0.25) is 0 Å². The Bertz CT molecular complexity index is 444. The topological polar surface area (TPSA) is 62.3 Å². The lowest BCUT2D eigenvalue weighted by Gasteiger charge is -2.34. The first-order valence-corrected chi connectivity index (χ1v) is 6.30. The van der Waals surface area contributed by atoms with E-state index in [1.165, 1.54) is 0 Å². The molecular weight excluding hydrogens is 282 g/mol. The molecule has 0 radical (unpaired) electrons. The van der Waals surface area contributed by atoms with Crippen molar-refractivity contribution in [2.75, 3.05) is 31.1 Å². The van der Waals surface area contributed by atoms with Crippen LogP contribution >= 0.6 is 15.9 Å². The van der Waals surface area contributed by atoms with Gasteiger partial charge in [0, 0.05) is 24.1 Å². The number of hydrogen-bond donors (Lipinski definition) is 1. The van der Waals surface area contributed by atoms with Crippen molar-refractivity contribution >= 4 is 21.6 Å². The van der Waals surface area contributed by atoms with Crippen LogP contribution in [0.5, 0.6) is 0 Å². The van der Waals surface area contributed by atoms with Gasteiger partial charge >= 0.3 is 0 Å². The molecule has 1 aliphatic rings. The molecule has 90 valence electrons. The minimum atomic E-state index is 0.0503. The number of nitrogens with two attached hydrogens (primary N) is 1. The highest BCUT2D eigenvalue weighted by Crippen LogP contribution is 2.28. The van der Waals surface area contributed by atoms with Gasteiger partial charge in [0.1, 0.15) is 6.07 Å². The molecule has 1 unspecified atom stereocenters. The van der Waals surface area contributed by atoms with Gasteiger partial charge in [-0.25, -0.2) is 0 Å². The van der Waals surface area contributed by atoms with Crippen LogP contribution in [-0.4, -0.2) is 32.3 Å². The van der Waals surface area contributed by atoms with Crippen molar-refractivity contribution in [2.45, 2.75) is 6.10 Å². The Morgan fingerprint density at radius 1 is 1.59 bits per heavy atom. The lowest BCUT2D eigenvalue weighted by Crippen LogP contribution is -2.46. The summed E-state index contributed by atoms with van der Waals surface area (Å²) in [5, 5.41) is 9.19. The third-order valence-electron chi connectivity index (χ3n) is 2.85. The van der Waals surface area contributed by atoms with Gasteiger partial charge in [-0.3, -0.25) is 0 Å². The average molecular weight is 296 g/mol. The van der Waals surface area contributed by atoms with Crippen LogP contribution in [0.3, 0.4) is 0 Å². The number of rotatable bonds is 2. The second kappa shape index (κ2) is 5.50. The van der Waals surface area contributed by atoms with Crippen LogP contribution in [0.25, 0.3) is 0 Å². The molecule has 1 aromatic rings. The van der Waals surface area contributed by atoms with Crippen LogP contribution in [0, 0.1) is 11.3 Å². The molecule has 4 nitrogen and oxygen atoms in total. The van der Waals surface area contributed by atoms with Gasteiger partial charge in [0.05, 0.1) is 24.0 Å². The Labute approximate surface area is 109 Å². The molecule has 1 aliphatic heterocycles. The summed E-state index contributed by atoms with van der Waals surface area (Å²) in [5.41, 5.74) is 7.24. The van der Waals surface area contributed by atoms with Gasteiger partial charge in [-0.2, -0.15) is 5.26 Å². The van der Waals surface area contributed by atoms with Crippen molar-refractivity contribution in [3.63, 3.8) is 0 Å². The minimum Gasteiger partial charge on any atom is -0.373 e. The number of anilines is 1. The van der Waals surface area contributed by atoms with E-state index in [1.54, 1.807) is 0 Å². The first-order valence-electron chi connectivity index (χ1n) is 5.51. The molecule has 1 heterocycles. The highest BCUT2D eigenvalue weighted by molar-refractivity contribution is 9.10. The smallest absolute Gasteiger partial charge is 0.103 e. The standard InChI is InChI=1S/C12H14BrN3O/c13-11-2-1-3-12(10(11)7-15)16-4-5-17-9(6-14)8-16/h1-3,9H,4-6,8,14H2. The van der Waals surface area contributed by atoms with E-state index in [2.05, 4.69) is 26.9 Å². The second-order valence-electron chi connectivity index (χ2n) is 3.92. The Hall–Kier alpha value is -1.09. The summed E-state index contributed by atoms with van der Waals surface area (Å²) in [6.45, 7) is 2.69. The van der Waals surface area contributed by atoms with Gasteiger partial charge in [-0.1, -0.05) is 6.07 Å². The number of halogens is 1. The summed E-state index contributed by atoms with van der Waals surface area (Å²) in [6.07, 6.45) is 0.0503. The minimum absolute atomic E-state index is 0.0503. The number of hydrogen-bond acceptors (Lipinski definition) is 4. The fourth-order valence-corrected chi connectivity index (χ4v) is 2.41. The van der Waals surface area contributed by atoms with Crippen molar-refractivity contribution in [1.29, 1.82) is 5.26 Å². The van der Waals surface area contributed by atoms with Crippen molar-refractivity contribution in [2.24, 2.45) is 5.73 Å². The number of nitrogens with zero attached hydrogens (tertiary/aromatic N) is 2. The maximum Gasteiger partial charge on any atom is 0.103 e. The van der Waals surface area contributed by atoms with Gasteiger partial charge in [0.25, 0.3) is 0 Å². The van der Waals surface area contributed by atoms with E-state index in [9.17, 15) is 5.26 Å². The lowest BCUT2D eigenvalue weighted by atomic mass is 10.1. The van der Waals surface area contributed by atoms with E-state index in [4.69, 9.17) is 10.5 Å². The molecule has 0 spiro atoms. The summed E-state index contributed by atoms with van der Waals surface area (Å²) in [4.78, 5) is 2.16. The monoisotopic (exact) mass is 295 g/mol. The van der Waals surface area contributed by atoms with Gasteiger partial charge < -0.3 is 15.4 Å². The molecule has 1 aromatic carbocycles. The van der Waals surface area contributed by atoms with Gasteiger partial charge in [0.2, 0.25) is 0 Å². The Balaban J connectivity index is 2.28. The van der Waals surface area contributed by atoms with Crippen molar-refractivity contribution in [3.8, 4) is 6.07 Å². The first kappa shape index (κ1) is 12.4. The van der Waals surface area contributed by atoms with Crippen LogP contribution < -0.4 is 10.6 Å². The van der Waals surface area contributed by atoms with Crippen LogP contribution in [-0.2, 0) is 4.74 Å². The van der Waals surface area contributed by atoms with Gasteiger partial charge in [-0.15, -0.1) is 0 Å². The molecular formula is C12H14BrN3O. The normalized spacial score (nSPS) is 20.1. The van der Waals surface area contributed by atoms with Crippen LogP contribution in [0.1, 0.15) is 5.56 Å². The molecule has 2 N–H and O–H groups in total. The molecule has 2 rings (SSSR count). The van der Waals surface area contributed by atoms with E-state index in [0.29, 0.717) is 18.7 Å². The molecule has 1 saturated heterocycles. The summed E-state index contributed by atoms with van der Waals surface area (Å²) in [7, 11) is 0. The van der Waals surface area contributed by atoms with E-state index < -0.39 is 0 Å². The van der Waals surface area contributed by atoms with E-state index in [1.807, 2.05) is 18.2 Å². The van der Waals surface area contributed by atoms with Crippen molar-refractivity contribution in [3.05, 3.63) is 28.2 Å². The van der Waals surface area contributed by atoms with Crippen LogP contribution in [0.4, 0.5) is 5.69 Å². The van der Waals surface area contributed by atoms with E-state index in [0.717, 1.165) is 23.2 Å². The number of ether oxygens (including phenoxy) is 1. The highest BCUT2D eigenvalue weighted by atomic mass is 79.9. The number of benzene rings is 1. The molecule has 1 fully saturated rings. The molecule has 1 atom stereocenters. The zero-order chi connectivity index (χ0) is 12.3. The lowest BCUT2D eigenvalue weighted by molar-refractivity contribution is 0.0465. The van der Waals surface area contributed by atoms with Gasteiger partial charge in [0.15, 0.2) is 0 Å². The van der Waals surface area contributed by atoms with Crippen LogP contribution in [0.15, 0.2) is 22.7 Å². The fourth-order valence-electron chi connectivity index (χ4n) is 1.97. The third-order valence-corrected chi connectivity index (χ3v) is 3.51. The molecule has 0 saturated carbocycles. The molecule has 5 heteroatoms. The predicted molar refractivity (Wildman–Crippen MR) is 69.9 cm³/mol. The quantitative estimate of drug-likeness (QED) is 0.898. The predicted octanol–water partition coefficient (Wildman–Crippen LogP) is 1.48. The summed E-state index contributed by atoms with van der Waals surface area (Å²) < 4.78 is 6.35. The third kappa shape index (κ3) is 2.60. The van der Waals surface area contributed by atoms with E-state index >= 15 is 0 Å². The molecule has 0 aliphatic carbocycles. The van der Waals surface area contributed by atoms with E-state index in [-0.39, 0.29) is 6.10 Å². The zero-order valence-electron chi connectivity index (χ0n) is 9.40. The average Bonchev–Trinajstić information content (AvgIpc) is 2.38. The van der Waals surface area contributed by atoms with Gasteiger partial charge in [-0.05, 0) is 28.1 Å². The summed E-state index contributed by atoms with van der Waals surface area (Å²) >= 11 is 3.40. The summed E-state index contributed by atoms with van der Waals surface area (Å²) in [6, 6.07) is 8.01.